The SMILES string of the molecule is O=C(Cn1ccc2ccc(N3CCOCC3)nc21)NCc1ccc(F)cc1. The number of hydrogen-bond acceptors (Lipinski definition) is 4. The molecule has 1 fully saturated rings. The minimum atomic E-state index is -0.286. The van der Waals surface area contributed by atoms with Gasteiger partial charge in [0.05, 0.1) is 13.2 Å². The van der Waals surface area contributed by atoms with Crippen molar-refractivity contribution in [2.24, 2.45) is 0 Å². The van der Waals surface area contributed by atoms with Crippen molar-refractivity contribution >= 4 is 22.8 Å². The molecule has 1 aliphatic rings. The standard InChI is InChI=1S/C20H21FN4O2/c21-17-4-1-15(2-5-17)13-22-19(26)14-25-8-7-16-3-6-18(23-20(16)25)24-9-11-27-12-10-24/h1-8H,9-14H2,(H,22,26). The van der Waals surface area contributed by atoms with E-state index in [-0.39, 0.29) is 18.3 Å². The van der Waals surface area contributed by atoms with Crippen LogP contribution in [0.4, 0.5) is 10.2 Å². The lowest BCUT2D eigenvalue weighted by molar-refractivity contribution is -0.121. The van der Waals surface area contributed by atoms with Gasteiger partial charge in [0.15, 0.2) is 0 Å². The molecule has 0 spiro atoms. The summed E-state index contributed by atoms with van der Waals surface area (Å²) in [6.45, 7) is 3.59. The smallest absolute Gasteiger partial charge is 0.240 e. The number of halogens is 1. The van der Waals surface area contributed by atoms with E-state index in [1.807, 2.05) is 29.0 Å². The Bertz CT molecular complexity index is 933. The number of morpholine rings is 1. The van der Waals surface area contributed by atoms with E-state index in [1.54, 1.807) is 12.1 Å². The van der Waals surface area contributed by atoms with Gasteiger partial charge < -0.3 is 19.5 Å². The first-order chi connectivity index (χ1) is 13.2. The quantitative estimate of drug-likeness (QED) is 0.751. The predicted molar refractivity (Wildman–Crippen MR) is 101 cm³/mol. The maximum absolute atomic E-state index is 12.9. The Morgan fingerprint density at radius 2 is 1.89 bits per heavy atom. The van der Waals surface area contributed by atoms with E-state index >= 15 is 0 Å². The first kappa shape index (κ1) is 17.5. The molecule has 0 atom stereocenters. The van der Waals surface area contributed by atoms with Crippen LogP contribution in [0, 0.1) is 5.82 Å². The van der Waals surface area contributed by atoms with Crippen LogP contribution in [-0.4, -0.2) is 41.8 Å². The van der Waals surface area contributed by atoms with Gasteiger partial charge in [-0.05, 0) is 35.9 Å². The maximum Gasteiger partial charge on any atom is 0.240 e. The molecule has 0 radical (unpaired) electrons. The molecule has 0 unspecified atom stereocenters. The summed E-state index contributed by atoms with van der Waals surface area (Å²) >= 11 is 0. The van der Waals surface area contributed by atoms with Crippen molar-refractivity contribution in [1.82, 2.24) is 14.9 Å². The number of aromatic nitrogens is 2. The summed E-state index contributed by atoms with van der Waals surface area (Å²) in [4.78, 5) is 19.3. The van der Waals surface area contributed by atoms with Crippen LogP contribution in [0.5, 0.6) is 0 Å². The van der Waals surface area contributed by atoms with E-state index in [2.05, 4.69) is 10.2 Å². The highest BCUT2D eigenvalue weighted by molar-refractivity contribution is 5.82. The van der Waals surface area contributed by atoms with Gasteiger partial charge >= 0.3 is 0 Å². The third kappa shape index (κ3) is 4.09. The average Bonchev–Trinajstić information content (AvgIpc) is 3.10. The van der Waals surface area contributed by atoms with Crippen LogP contribution in [0.15, 0.2) is 48.7 Å². The van der Waals surface area contributed by atoms with Gasteiger partial charge in [0.1, 0.15) is 23.8 Å². The second kappa shape index (κ2) is 7.75. The highest BCUT2D eigenvalue weighted by atomic mass is 19.1. The first-order valence-corrected chi connectivity index (χ1v) is 8.99. The van der Waals surface area contributed by atoms with E-state index in [0.717, 1.165) is 35.5 Å². The summed E-state index contributed by atoms with van der Waals surface area (Å²) in [5.41, 5.74) is 1.64. The summed E-state index contributed by atoms with van der Waals surface area (Å²) in [6.07, 6.45) is 1.87. The highest BCUT2D eigenvalue weighted by Gasteiger charge is 2.14. The number of carbonyl (C=O) groups is 1. The number of rotatable bonds is 5. The first-order valence-electron chi connectivity index (χ1n) is 8.99. The van der Waals surface area contributed by atoms with E-state index in [9.17, 15) is 9.18 Å². The third-order valence-electron chi connectivity index (χ3n) is 4.65. The Balaban J connectivity index is 1.44. The Labute approximate surface area is 156 Å². The molecule has 3 heterocycles. The molecule has 1 aliphatic heterocycles. The third-order valence-corrected chi connectivity index (χ3v) is 4.65. The van der Waals surface area contributed by atoms with Gasteiger partial charge in [-0.25, -0.2) is 9.37 Å². The Morgan fingerprint density at radius 3 is 2.67 bits per heavy atom. The lowest BCUT2D eigenvalue weighted by Crippen LogP contribution is -2.36. The Hall–Kier alpha value is -2.93. The number of amides is 1. The molecule has 0 saturated carbocycles. The number of benzene rings is 1. The molecule has 6 nitrogen and oxygen atoms in total. The number of ether oxygens (including phenoxy) is 1. The molecule has 2 aromatic heterocycles. The number of carbonyl (C=O) groups excluding carboxylic acids is 1. The molecule has 1 amide bonds. The molecule has 140 valence electrons. The van der Waals surface area contributed by atoms with Gasteiger partial charge in [0.2, 0.25) is 5.91 Å². The van der Waals surface area contributed by atoms with Crippen molar-refractivity contribution in [3.63, 3.8) is 0 Å². The zero-order valence-corrected chi connectivity index (χ0v) is 14.9. The maximum atomic E-state index is 12.9. The summed E-state index contributed by atoms with van der Waals surface area (Å²) in [6, 6.07) is 12.1. The minimum absolute atomic E-state index is 0.115. The van der Waals surface area contributed by atoms with Crippen molar-refractivity contribution < 1.29 is 13.9 Å². The van der Waals surface area contributed by atoms with Crippen LogP contribution in [0.3, 0.4) is 0 Å². The van der Waals surface area contributed by atoms with Gasteiger partial charge in [-0.15, -0.1) is 0 Å². The monoisotopic (exact) mass is 368 g/mol. The zero-order valence-electron chi connectivity index (χ0n) is 14.9. The molecule has 27 heavy (non-hydrogen) atoms. The number of nitrogens with one attached hydrogen (secondary N) is 1. The van der Waals surface area contributed by atoms with E-state index in [4.69, 9.17) is 9.72 Å². The molecule has 7 heteroatoms. The van der Waals surface area contributed by atoms with Gasteiger partial charge in [-0.3, -0.25) is 4.79 Å². The Morgan fingerprint density at radius 1 is 1.11 bits per heavy atom. The Kier molecular flexibility index (Phi) is 5.02. The van der Waals surface area contributed by atoms with E-state index < -0.39 is 0 Å². The predicted octanol–water partition coefficient (Wildman–Crippen LogP) is 2.33. The second-order valence-corrected chi connectivity index (χ2v) is 6.53. The number of nitrogens with zero attached hydrogens (tertiary/aromatic N) is 3. The number of pyridine rings is 1. The van der Waals surface area contributed by atoms with Crippen LogP contribution in [-0.2, 0) is 22.6 Å². The minimum Gasteiger partial charge on any atom is -0.378 e. The highest BCUT2D eigenvalue weighted by Crippen LogP contribution is 2.20. The van der Waals surface area contributed by atoms with E-state index in [0.29, 0.717) is 19.8 Å². The van der Waals surface area contributed by atoms with Crippen molar-refractivity contribution in [1.29, 1.82) is 0 Å². The molecule has 1 saturated heterocycles. The molecule has 1 aromatic carbocycles. The summed E-state index contributed by atoms with van der Waals surface area (Å²) in [5.74, 6) is 0.499. The fourth-order valence-corrected chi connectivity index (χ4v) is 3.16. The number of fused-ring (bicyclic) bond motifs is 1. The summed E-state index contributed by atoms with van der Waals surface area (Å²) in [5, 5.41) is 3.86. The van der Waals surface area contributed by atoms with Crippen molar-refractivity contribution in [2.75, 3.05) is 31.2 Å². The molecule has 1 N–H and O–H groups in total. The van der Waals surface area contributed by atoms with Crippen LogP contribution >= 0.6 is 0 Å². The second-order valence-electron chi connectivity index (χ2n) is 6.53. The van der Waals surface area contributed by atoms with Crippen molar-refractivity contribution in [2.45, 2.75) is 13.1 Å². The van der Waals surface area contributed by atoms with Crippen LogP contribution in [0.25, 0.3) is 11.0 Å². The lowest BCUT2D eigenvalue weighted by atomic mass is 10.2. The average molecular weight is 368 g/mol. The lowest BCUT2D eigenvalue weighted by Gasteiger charge is -2.27. The van der Waals surface area contributed by atoms with Crippen molar-refractivity contribution in [3.05, 3.63) is 60.0 Å². The molecule has 0 aliphatic carbocycles. The molecule has 3 aromatic rings. The van der Waals surface area contributed by atoms with Crippen LogP contribution in [0.2, 0.25) is 0 Å². The number of hydrogen-bond donors (Lipinski definition) is 1. The van der Waals surface area contributed by atoms with Crippen LogP contribution < -0.4 is 10.2 Å². The molecular weight excluding hydrogens is 347 g/mol. The molecule has 4 rings (SSSR count). The van der Waals surface area contributed by atoms with Gasteiger partial charge in [0.25, 0.3) is 0 Å². The fourth-order valence-electron chi connectivity index (χ4n) is 3.16. The molecular formula is C20H21FN4O2. The zero-order chi connectivity index (χ0) is 18.6. The largest absolute Gasteiger partial charge is 0.378 e. The van der Waals surface area contributed by atoms with Gasteiger partial charge in [0, 0.05) is 31.2 Å². The van der Waals surface area contributed by atoms with Gasteiger partial charge in [-0.1, -0.05) is 12.1 Å². The van der Waals surface area contributed by atoms with E-state index in [1.165, 1.54) is 12.1 Å². The summed E-state index contributed by atoms with van der Waals surface area (Å²) < 4.78 is 20.2. The topological polar surface area (TPSA) is 59.4 Å². The van der Waals surface area contributed by atoms with Gasteiger partial charge in [-0.2, -0.15) is 0 Å². The fraction of sp³-hybridized carbons (Fsp3) is 0.300. The summed E-state index contributed by atoms with van der Waals surface area (Å²) in [7, 11) is 0. The van der Waals surface area contributed by atoms with Crippen molar-refractivity contribution in [3.8, 4) is 0 Å². The van der Waals surface area contributed by atoms with Crippen LogP contribution in [0.1, 0.15) is 5.56 Å². The normalized spacial score (nSPS) is 14.5. The number of anilines is 1. The molecule has 0 bridgehead atoms.